The molecule has 5 nitrogen and oxygen atoms in total. The highest BCUT2D eigenvalue weighted by atomic mass is 35.5. The number of ether oxygens (including phenoxy) is 1. The van der Waals surface area contributed by atoms with Gasteiger partial charge in [0.15, 0.2) is 5.11 Å². The summed E-state index contributed by atoms with van der Waals surface area (Å²) >= 11 is 11.4. The van der Waals surface area contributed by atoms with E-state index in [1.807, 2.05) is 31.2 Å². The molecule has 0 saturated carbocycles. The van der Waals surface area contributed by atoms with Crippen molar-refractivity contribution in [3.63, 3.8) is 0 Å². The molecule has 126 valence electrons. The number of thiocarbonyl (C=S) groups is 1. The first-order chi connectivity index (χ1) is 11.2. The maximum absolute atomic E-state index is 6.14. The molecule has 1 aromatic rings. The summed E-state index contributed by atoms with van der Waals surface area (Å²) in [6.07, 6.45) is 1.04. The first kappa shape index (κ1) is 18.1. The van der Waals surface area contributed by atoms with Gasteiger partial charge in [0, 0.05) is 30.2 Å². The highest BCUT2D eigenvalue weighted by Gasteiger charge is 2.09. The van der Waals surface area contributed by atoms with Crippen molar-refractivity contribution >= 4 is 34.6 Å². The molecule has 2 rings (SSSR count). The zero-order chi connectivity index (χ0) is 16.5. The average Bonchev–Trinajstić information content (AvgIpc) is 2.58. The minimum atomic E-state index is 0.526. The van der Waals surface area contributed by atoms with Crippen LogP contribution in [0.4, 0.5) is 0 Å². The minimum Gasteiger partial charge on any atom is -0.379 e. The zero-order valence-corrected chi connectivity index (χ0v) is 14.9. The van der Waals surface area contributed by atoms with Gasteiger partial charge in [0.2, 0.25) is 0 Å². The van der Waals surface area contributed by atoms with E-state index >= 15 is 0 Å². The van der Waals surface area contributed by atoms with Crippen LogP contribution in [0.15, 0.2) is 29.4 Å². The quantitative estimate of drug-likeness (QED) is 0.355. The third kappa shape index (κ3) is 6.43. The van der Waals surface area contributed by atoms with E-state index in [0.717, 1.165) is 57.1 Å². The molecule has 0 bridgehead atoms. The second-order valence-corrected chi connectivity index (χ2v) is 6.17. The Kier molecular flexibility index (Phi) is 7.74. The van der Waals surface area contributed by atoms with Crippen molar-refractivity contribution in [3.8, 4) is 0 Å². The van der Waals surface area contributed by atoms with Gasteiger partial charge in [-0.3, -0.25) is 10.3 Å². The molecule has 1 aliphatic heterocycles. The number of hydrogen-bond acceptors (Lipinski definition) is 4. The zero-order valence-electron chi connectivity index (χ0n) is 13.3. The van der Waals surface area contributed by atoms with Gasteiger partial charge in [-0.2, -0.15) is 5.10 Å². The van der Waals surface area contributed by atoms with E-state index in [4.69, 9.17) is 28.6 Å². The Labute approximate surface area is 148 Å². The molecule has 1 aromatic carbocycles. The van der Waals surface area contributed by atoms with Crippen molar-refractivity contribution in [2.75, 3.05) is 39.4 Å². The smallest absolute Gasteiger partial charge is 0.186 e. The number of hydrazone groups is 1. The number of rotatable bonds is 6. The van der Waals surface area contributed by atoms with E-state index in [1.54, 1.807) is 0 Å². The van der Waals surface area contributed by atoms with Crippen LogP contribution >= 0.6 is 23.8 Å². The monoisotopic (exact) mass is 354 g/mol. The lowest BCUT2D eigenvalue weighted by atomic mass is 10.1. The summed E-state index contributed by atoms with van der Waals surface area (Å²) in [7, 11) is 0. The third-order valence-corrected chi connectivity index (χ3v) is 4.19. The van der Waals surface area contributed by atoms with Gasteiger partial charge >= 0.3 is 0 Å². The second-order valence-electron chi connectivity index (χ2n) is 5.35. The largest absolute Gasteiger partial charge is 0.379 e. The Morgan fingerprint density at radius 2 is 2.09 bits per heavy atom. The molecule has 0 aromatic heterocycles. The summed E-state index contributed by atoms with van der Waals surface area (Å²) in [6.45, 7) is 7.49. The Morgan fingerprint density at radius 1 is 1.35 bits per heavy atom. The van der Waals surface area contributed by atoms with Gasteiger partial charge in [0.25, 0.3) is 0 Å². The fraction of sp³-hybridized carbons (Fsp3) is 0.500. The van der Waals surface area contributed by atoms with Crippen LogP contribution in [-0.4, -0.2) is 55.1 Å². The van der Waals surface area contributed by atoms with Crippen LogP contribution in [0.1, 0.15) is 18.9 Å². The van der Waals surface area contributed by atoms with E-state index in [9.17, 15) is 0 Å². The lowest BCUT2D eigenvalue weighted by molar-refractivity contribution is 0.0376. The number of halogens is 1. The van der Waals surface area contributed by atoms with Crippen molar-refractivity contribution < 1.29 is 4.74 Å². The number of benzene rings is 1. The maximum atomic E-state index is 6.14. The molecular formula is C16H23ClN4OS. The van der Waals surface area contributed by atoms with E-state index in [0.29, 0.717) is 10.1 Å². The van der Waals surface area contributed by atoms with Gasteiger partial charge < -0.3 is 10.1 Å². The molecule has 1 saturated heterocycles. The predicted octanol–water partition coefficient (Wildman–Crippen LogP) is 2.25. The van der Waals surface area contributed by atoms with Crippen LogP contribution in [0.25, 0.3) is 0 Å². The van der Waals surface area contributed by atoms with Crippen LogP contribution in [0.2, 0.25) is 5.02 Å². The molecule has 1 heterocycles. The number of nitrogens with zero attached hydrogens (tertiary/aromatic N) is 2. The summed E-state index contributed by atoms with van der Waals surface area (Å²) in [5, 5.41) is 8.65. The molecule has 0 atom stereocenters. The van der Waals surface area contributed by atoms with Crippen molar-refractivity contribution in [1.82, 2.24) is 15.6 Å². The highest BCUT2D eigenvalue weighted by Crippen LogP contribution is 2.15. The molecule has 7 heteroatoms. The molecule has 2 N–H and O–H groups in total. The average molecular weight is 355 g/mol. The summed E-state index contributed by atoms with van der Waals surface area (Å²) in [6, 6.07) is 7.61. The minimum absolute atomic E-state index is 0.526. The standard InChI is InChI=1S/C16H23ClN4OS/c1-13(14-5-2-3-6-15(14)17)19-20-16(23)18-7-4-8-21-9-11-22-12-10-21/h2-3,5-6H,4,7-12H2,1H3,(H2,18,20,23)/b19-13-. The molecular weight excluding hydrogens is 332 g/mol. The van der Waals surface area contributed by atoms with Crippen LogP contribution in [0.5, 0.6) is 0 Å². The van der Waals surface area contributed by atoms with E-state index in [1.165, 1.54) is 0 Å². The Morgan fingerprint density at radius 3 is 2.83 bits per heavy atom. The van der Waals surface area contributed by atoms with Gasteiger partial charge in [-0.15, -0.1) is 0 Å². The molecule has 0 aliphatic carbocycles. The first-order valence-electron chi connectivity index (χ1n) is 7.80. The molecule has 0 unspecified atom stereocenters. The highest BCUT2D eigenvalue weighted by molar-refractivity contribution is 7.80. The first-order valence-corrected chi connectivity index (χ1v) is 8.58. The lowest BCUT2D eigenvalue weighted by Crippen LogP contribution is -2.39. The SMILES string of the molecule is C/C(=N/NC(=S)NCCCN1CCOCC1)c1ccccc1Cl. The fourth-order valence-electron chi connectivity index (χ4n) is 2.32. The van der Waals surface area contributed by atoms with Crippen LogP contribution in [0, 0.1) is 0 Å². The molecule has 0 radical (unpaired) electrons. The van der Waals surface area contributed by atoms with Crippen molar-refractivity contribution in [1.29, 1.82) is 0 Å². The second kappa shape index (κ2) is 9.82. The van der Waals surface area contributed by atoms with Crippen LogP contribution in [0.3, 0.4) is 0 Å². The maximum Gasteiger partial charge on any atom is 0.186 e. The Balaban J connectivity index is 1.66. The van der Waals surface area contributed by atoms with Gasteiger partial charge in [-0.1, -0.05) is 29.8 Å². The van der Waals surface area contributed by atoms with Gasteiger partial charge in [-0.05, 0) is 38.2 Å². The van der Waals surface area contributed by atoms with E-state index < -0.39 is 0 Å². The van der Waals surface area contributed by atoms with Crippen molar-refractivity contribution in [3.05, 3.63) is 34.9 Å². The van der Waals surface area contributed by atoms with Crippen molar-refractivity contribution in [2.45, 2.75) is 13.3 Å². The Hall–Kier alpha value is -1.21. The molecule has 23 heavy (non-hydrogen) atoms. The number of morpholine rings is 1. The Bertz CT molecular complexity index is 547. The number of nitrogens with one attached hydrogen (secondary N) is 2. The summed E-state index contributed by atoms with van der Waals surface area (Å²) in [5.74, 6) is 0. The molecule has 1 aliphatic rings. The summed E-state index contributed by atoms with van der Waals surface area (Å²) in [4.78, 5) is 2.40. The third-order valence-electron chi connectivity index (χ3n) is 3.63. The fourth-order valence-corrected chi connectivity index (χ4v) is 2.74. The van der Waals surface area contributed by atoms with Gasteiger partial charge in [0.05, 0.1) is 18.9 Å². The van der Waals surface area contributed by atoms with E-state index in [2.05, 4.69) is 20.7 Å². The van der Waals surface area contributed by atoms with E-state index in [-0.39, 0.29) is 0 Å². The number of hydrogen-bond donors (Lipinski definition) is 2. The molecule has 0 spiro atoms. The molecule has 0 amide bonds. The molecule has 1 fully saturated rings. The summed E-state index contributed by atoms with van der Waals surface area (Å²) < 4.78 is 5.33. The van der Waals surface area contributed by atoms with Gasteiger partial charge in [-0.25, -0.2) is 0 Å². The van der Waals surface area contributed by atoms with Crippen LogP contribution < -0.4 is 10.7 Å². The lowest BCUT2D eigenvalue weighted by Gasteiger charge is -2.26. The normalized spacial score (nSPS) is 16.2. The predicted molar refractivity (Wildman–Crippen MR) is 99.3 cm³/mol. The van der Waals surface area contributed by atoms with Gasteiger partial charge in [0.1, 0.15) is 0 Å². The summed E-state index contributed by atoms with van der Waals surface area (Å²) in [5.41, 5.74) is 4.56. The topological polar surface area (TPSA) is 48.9 Å². The van der Waals surface area contributed by atoms with Crippen LogP contribution in [-0.2, 0) is 4.74 Å². The van der Waals surface area contributed by atoms with Crippen molar-refractivity contribution in [2.24, 2.45) is 5.10 Å².